The molecule has 1 fully saturated rings. The van der Waals surface area contributed by atoms with Gasteiger partial charge in [0.1, 0.15) is 6.54 Å². The molecule has 0 saturated carbocycles. The Kier molecular flexibility index (Phi) is 7.25. The predicted molar refractivity (Wildman–Crippen MR) is 126 cm³/mol. The number of benzene rings is 2. The third-order valence-electron chi connectivity index (χ3n) is 4.84. The molecule has 3 amide bonds. The molecule has 1 saturated heterocycles. The number of amides is 3. The van der Waals surface area contributed by atoms with E-state index in [0.29, 0.717) is 22.7 Å². The number of rotatable bonds is 7. The molecule has 8 heteroatoms. The highest BCUT2D eigenvalue weighted by Gasteiger charge is 2.36. The summed E-state index contributed by atoms with van der Waals surface area (Å²) in [5.41, 5.74) is 3.38. The van der Waals surface area contributed by atoms with Gasteiger partial charge in [0.05, 0.1) is 18.1 Å². The molecule has 1 heterocycles. The highest BCUT2D eigenvalue weighted by Crippen LogP contribution is 2.37. The lowest BCUT2D eigenvalue weighted by Gasteiger charge is -2.16. The van der Waals surface area contributed by atoms with Crippen molar-refractivity contribution < 1.29 is 23.9 Å². The molecular formula is C24H26N2O5S. The third kappa shape index (κ3) is 5.31. The molecule has 0 atom stereocenters. The molecule has 3 rings (SSSR count). The summed E-state index contributed by atoms with van der Waals surface area (Å²) in [6.45, 7) is 7.34. The molecule has 1 aliphatic rings. The summed E-state index contributed by atoms with van der Waals surface area (Å²) in [6.07, 6.45) is 1.48. The molecule has 168 valence electrons. The number of hydrogen-bond donors (Lipinski definition) is 1. The molecular weight excluding hydrogens is 428 g/mol. The molecule has 0 spiro atoms. The lowest BCUT2D eigenvalue weighted by atomic mass is 10.1. The summed E-state index contributed by atoms with van der Waals surface area (Å²) >= 11 is 0.793. The van der Waals surface area contributed by atoms with E-state index in [2.05, 4.69) is 5.32 Å². The summed E-state index contributed by atoms with van der Waals surface area (Å²) in [4.78, 5) is 38.9. The summed E-state index contributed by atoms with van der Waals surface area (Å²) in [7, 11) is 1.54. The molecule has 2 aromatic rings. The molecule has 1 aliphatic heterocycles. The van der Waals surface area contributed by atoms with E-state index in [4.69, 9.17) is 9.47 Å². The maximum Gasteiger partial charge on any atom is 0.294 e. The van der Waals surface area contributed by atoms with Crippen molar-refractivity contribution in [3.05, 3.63) is 58.0 Å². The van der Waals surface area contributed by atoms with Crippen molar-refractivity contribution in [1.82, 2.24) is 4.90 Å². The van der Waals surface area contributed by atoms with E-state index in [-0.39, 0.29) is 17.6 Å². The second kappa shape index (κ2) is 9.91. The maximum atomic E-state index is 12.9. The van der Waals surface area contributed by atoms with Gasteiger partial charge < -0.3 is 14.8 Å². The molecule has 0 aliphatic carbocycles. The average molecular weight is 455 g/mol. The summed E-state index contributed by atoms with van der Waals surface area (Å²) in [5, 5.41) is 2.24. The van der Waals surface area contributed by atoms with Crippen molar-refractivity contribution >= 4 is 40.6 Å². The fourth-order valence-electron chi connectivity index (χ4n) is 3.11. The van der Waals surface area contributed by atoms with Gasteiger partial charge in [-0.25, -0.2) is 0 Å². The summed E-state index contributed by atoms with van der Waals surface area (Å²) in [5.74, 6) is 0.0549. The van der Waals surface area contributed by atoms with Crippen LogP contribution in [-0.2, 0) is 9.59 Å². The highest BCUT2D eigenvalue weighted by molar-refractivity contribution is 8.18. The Morgan fingerprint density at radius 2 is 1.91 bits per heavy atom. The van der Waals surface area contributed by atoms with E-state index in [1.165, 1.54) is 7.11 Å². The predicted octanol–water partition coefficient (Wildman–Crippen LogP) is 4.77. The zero-order valence-corrected chi connectivity index (χ0v) is 19.5. The van der Waals surface area contributed by atoms with E-state index in [1.54, 1.807) is 30.3 Å². The molecule has 7 nitrogen and oxygen atoms in total. The molecule has 0 aromatic heterocycles. The maximum absolute atomic E-state index is 12.9. The van der Waals surface area contributed by atoms with Gasteiger partial charge in [0.25, 0.3) is 11.1 Å². The van der Waals surface area contributed by atoms with Crippen LogP contribution in [0.15, 0.2) is 41.3 Å². The van der Waals surface area contributed by atoms with Gasteiger partial charge in [0.2, 0.25) is 5.91 Å². The Balaban J connectivity index is 1.78. The SMILES string of the molecule is COc1cccc(/C=C2/SC(=O)N(CC(=O)Nc3ccc(C)c(C)c3)C2=O)c1OC(C)C. The van der Waals surface area contributed by atoms with E-state index in [1.807, 2.05) is 39.8 Å². The minimum absolute atomic E-state index is 0.109. The van der Waals surface area contributed by atoms with Crippen LogP contribution in [0.3, 0.4) is 0 Å². The number of carbonyl (C=O) groups is 3. The number of anilines is 1. The molecule has 1 N–H and O–H groups in total. The van der Waals surface area contributed by atoms with E-state index in [9.17, 15) is 14.4 Å². The standard InChI is InChI=1S/C24H26N2O5S/c1-14(2)31-22-17(7-6-8-19(22)30-5)12-20-23(28)26(24(29)32-20)13-21(27)25-18-10-9-15(3)16(4)11-18/h6-12,14H,13H2,1-5H3,(H,25,27)/b20-12+. The van der Waals surface area contributed by atoms with Crippen molar-refractivity contribution in [2.45, 2.75) is 33.8 Å². The van der Waals surface area contributed by atoms with Gasteiger partial charge in [0.15, 0.2) is 11.5 Å². The van der Waals surface area contributed by atoms with Crippen LogP contribution in [0, 0.1) is 13.8 Å². The van der Waals surface area contributed by atoms with Crippen molar-refractivity contribution in [2.75, 3.05) is 19.0 Å². The van der Waals surface area contributed by atoms with Gasteiger partial charge in [-0.2, -0.15) is 0 Å². The number of aryl methyl sites for hydroxylation is 2. The van der Waals surface area contributed by atoms with E-state index in [0.717, 1.165) is 27.8 Å². The monoisotopic (exact) mass is 454 g/mol. The van der Waals surface area contributed by atoms with Crippen molar-refractivity contribution in [3.8, 4) is 11.5 Å². The fourth-order valence-corrected chi connectivity index (χ4v) is 3.94. The number of imide groups is 1. The molecule has 0 radical (unpaired) electrons. The first-order valence-corrected chi connectivity index (χ1v) is 11.0. The number of carbonyl (C=O) groups excluding carboxylic acids is 3. The number of thioether (sulfide) groups is 1. The average Bonchev–Trinajstić information content (AvgIpc) is 2.99. The normalized spacial score (nSPS) is 14.9. The smallest absolute Gasteiger partial charge is 0.294 e. The number of ether oxygens (including phenoxy) is 2. The van der Waals surface area contributed by atoms with E-state index >= 15 is 0 Å². The summed E-state index contributed by atoms with van der Waals surface area (Å²) < 4.78 is 11.2. The first-order valence-electron chi connectivity index (χ1n) is 10.2. The Bertz CT molecular complexity index is 1090. The van der Waals surface area contributed by atoms with Crippen molar-refractivity contribution in [3.63, 3.8) is 0 Å². The lowest BCUT2D eigenvalue weighted by Crippen LogP contribution is -2.36. The topological polar surface area (TPSA) is 84.9 Å². The van der Waals surface area contributed by atoms with Crippen LogP contribution in [0.5, 0.6) is 11.5 Å². The van der Waals surface area contributed by atoms with Crippen LogP contribution in [0.4, 0.5) is 10.5 Å². The molecule has 2 aromatic carbocycles. The number of nitrogens with zero attached hydrogens (tertiary/aromatic N) is 1. The fraction of sp³-hybridized carbons (Fsp3) is 0.292. The van der Waals surface area contributed by atoms with Crippen LogP contribution in [-0.4, -0.2) is 41.7 Å². The largest absolute Gasteiger partial charge is 0.493 e. The van der Waals surface area contributed by atoms with Crippen LogP contribution < -0.4 is 14.8 Å². The number of nitrogens with one attached hydrogen (secondary N) is 1. The van der Waals surface area contributed by atoms with Crippen LogP contribution in [0.25, 0.3) is 6.08 Å². The number of hydrogen-bond acceptors (Lipinski definition) is 6. The van der Waals surface area contributed by atoms with Gasteiger partial charge in [-0.15, -0.1) is 0 Å². The number of methoxy groups -OCH3 is 1. The van der Waals surface area contributed by atoms with Crippen molar-refractivity contribution in [2.24, 2.45) is 0 Å². The van der Waals surface area contributed by atoms with Gasteiger partial charge in [-0.05, 0) is 74.9 Å². The minimum Gasteiger partial charge on any atom is -0.493 e. The van der Waals surface area contributed by atoms with Gasteiger partial charge in [0, 0.05) is 11.3 Å². The Morgan fingerprint density at radius 3 is 2.56 bits per heavy atom. The van der Waals surface area contributed by atoms with E-state index < -0.39 is 17.1 Å². The van der Waals surface area contributed by atoms with Crippen molar-refractivity contribution in [1.29, 1.82) is 0 Å². The zero-order valence-electron chi connectivity index (χ0n) is 18.7. The molecule has 0 unspecified atom stereocenters. The first-order chi connectivity index (χ1) is 15.2. The number of para-hydroxylation sites is 1. The molecule has 0 bridgehead atoms. The van der Waals surface area contributed by atoms with Gasteiger partial charge in [-0.1, -0.05) is 18.2 Å². The zero-order chi connectivity index (χ0) is 23.4. The second-order valence-corrected chi connectivity index (χ2v) is 8.65. The second-order valence-electron chi connectivity index (χ2n) is 7.66. The Morgan fingerprint density at radius 1 is 1.16 bits per heavy atom. The highest BCUT2D eigenvalue weighted by atomic mass is 32.2. The Labute approximate surface area is 191 Å². The quantitative estimate of drug-likeness (QED) is 0.607. The van der Waals surface area contributed by atoms with Crippen LogP contribution >= 0.6 is 11.8 Å². The first kappa shape index (κ1) is 23.4. The summed E-state index contributed by atoms with van der Waals surface area (Å²) in [6, 6.07) is 10.9. The van der Waals surface area contributed by atoms with Gasteiger partial charge >= 0.3 is 0 Å². The van der Waals surface area contributed by atoms with Gasteiger partial charge in [-0.3, -0.25) is 19.3 Å². The lowest BCUT2D eigenvalue weighted by molar-refractivity contribution is -0.127. The Hall–Kier alpha value is -3.26. The van der Waals surface area contributed by atoms with Crippen LogP contribution in [0.1, 0.15) is 30.5 Å². The minimum atomic E-state index is -0.520. The van der Waals surface area contributed by atoms with Crippen LogP contribution in [0.2, 0.25) is 0 Å². The third-order valence-corrected chi connectivity index (χ3v) is 5.74. The molecule has 32 heavy (non-hydrogen) atoms.